The number of rotatable bonds is 3. The highest BCUT2D eigenvalue weighted by Gasteiger charge is 2.26. The summed E-state index contributed by atoms with van der Waals surface area (Å²) in [5, 5.41) is 27.2. The number of aryl methyl sites for hydroxylation is 2. The van der Waals surface area contributed by atoms with E-state index in [4.69, 9.17) is 0 Å². The van der Waals surface area contributed by atoms with Gasteiger partial charge in [-0.3, -0.25) is 0 Å². The molecule has 0 saturated carbocycles. The van der Waals surface area contributed by atoms with E-state index in [-0.39, 0.29) is 11.5 Å². The van der Waals surface area contributed by atoms with Gasteiger partial charge < -0.3 is 10.2 Å². The minimum absolute atomic E-state index is 0.147. The van der Waals surface area contributed by atoms with E-state index in [2.05, 4.69) is 44.2 Å². The van der Waals surface area contributed by atoms with E-state index >= 15 is 0 Å². The lowest BCUT2D eigenvalue weighted by Crippen LogP contribution is -1.96. The Balaban J connectivity index is 1.88. The van der Waals surface area contributed by atoms with Crippen LogP contribution in [0, 0.1) is 13.8 Å². The van der Waals surface area contributed by atoms with E-state index < -0.39 is 0 Å². The van der Waals surface area contributed by atoms with Crippen LogP contribution in [0.2, 0.25) is 0 Å². The van der Waals surface area contributed by atoms with Gasteiger partial charge in [-0.05, 0) is 63.7 Å². The van der Waals surface area contributed by atoms with Crippen LogP contribution >= 0.6 is 0 Å². The lowest BCUT2D eigenvalue weighted by molar-refractivity contribution is 0.471. The summed E-state index contributed by atoms with van der Waals surface area (Å²) >= 11 is 0. The summed E-state index contributed by atoms with van der Waals surface area (Å²) in [5.41, 5.74) is 7.34. The molecule has 0 bridgehead atoms. The average molecular weight is 467 g/mol. The van der Waals surface area contributed by atoms with Crippen molar-refractivity contribution in [3.63, 3.8) is 0 Å². The predicted octanol–water partition coefficient (Wildman–Crippen LogP) is 9.02. The normalized spacial score (nSPS) is 11.3. The first-order chi connectivity index (χ1) is 17.6. The minimum atomic E-state index is 0.147. The minimum Gasteiger partial charge on any atom is -0.507 e. The molecule has 0 aromatic heterocycles. The summed E-state index contributed by atoms with van der Waals surface area (Å²) in [7, 11) is 0. The Kier molecular flexibility index (Phi) is 5.23. The van der Waals surface area contributed by atoms with Gasteiger partial charge in [0.25, 0.3) is 0 Å². The van der Waals surface area contributed by atoms with Crippen molar-refractivity contribution in [3.05, 3.63) is 120 Å². The zero-order valence-electron chi connectivity index (χ0n) is 20.3. The highest BCUT2D eigenvalue weighted by molar-refractivity contribution is 6.18. The van der Waals surface area contributed by atoms with Crippen LogP contribution in [-0.4, -0.2) is 10.2 Å². The Hall–Kier alpha value is -4.56. The van der Waals surface area contributed by atoms with Gasteiger partial charge in [-0.1, -0.05) is 103 Å². The number of phenols is 2. The number of phenolic OH excluding ortho intramolecular Hbond substituents is 2. The smallest absolute Gasteiger partial charge is 0.132 e. The van der Waals surface area contributed by atoms with Gasteiger partial charge in [0.05, 0.1) is 0 Å². The summed E-state index contributed by atoms with van der Waals surface area (Å²) in [5.74, 6) is 0.321. The van der Waals surface area contributed by atoms with Gasteiger partial charge in [0, 0.05) is 22.3 Å². The SMILES string of the molecule is Cc1ccccc1-c1c(O)c(-c2c(O)ccc3ccccc23)c2ccccc2c1-c1ccccc1C. The van der Waals surface area contributed by atoms with Crippen LogP contribution in [0.15, 0.2) is 109 Å². The molecular formula is C34H26O2. The van der Waals surface area contributed by atoms with Crippen molar-refractivity contribution in [1.29, 1.82) is 0 Å². The van der Waals surface area contributed by atoms with Gasteiger partial charge in [0.2, 0.25) is 0 Å². The zero-order chi connectivity index (χ0) is 24.8. The van der Waals surface area contributed by atoms with E-state index in [1.54, 1.807) is 6.07 Å². The molecule has 2 N–H and O–H groups in total. The molecule has 6 aromatic rings. The molecule has 0 aliphatic rings. The summed E-state index contributed by atoms with van der Waals surface area (Å²) in [6.45, 7) is 4.17. The first kappa shape index (κ1) is 21.9. The molecule has 2 nitrogen and oxygen atoms in total. The Labute approximate surface area is 210 Å². The molecule has 0 atom stereocenters. The van der Waals surface area contributed by atoms with Crippen molar-refractivity contribution in [2.45, 2.75) is 13.8 Å². The third kappa shape index (κ3) is 3.34. The number of fused-ring (bicyclic) bond motifs is 2. The Morgan fingerprint density at radius 3 is 1.56 bits per heavy atom. The molecule has 0 heterocycles. The number of benzene rings is 6. The second kappa shape index (κ2) is 8.58. The molecule has 2 heteroatoms. The predicted molar refractivity (Wildman–Crippen MR) is 151 cm³/mol. The summed E-state index contributed by atoms with van der Waals surface area (Å²) in [6, 6.07) is 36.3. The first-order valence-corrected chi connectivity index (χ1v) is 12.2. The van der Waals surface area contributed by atoms with Gasteiger partial charge in [-0.25, -0.2) is 0 Å². The molecule has 0 amide bonds. The van der Waals surface area contributed by atoms with Crippen molar-refractivity contribution in [2.75, 3.05) is 0 Å². The molecule has 0 radical (unpaired) electrons. The maximum Gasteiger partial charge on any atom is 0.132 e. The molecule has 0 aliphatic carbocycles. The van der Waals surface area contributed by atoms with Gasteiger partial charge >= 0.3 is 0 Å². The van der Waals surface area contributed by atoms with E-state index in [1.165, 1.54) is 0 Å². The van der Waals surface area contributed by atoms with E-state index in [1.807, 2.05) is 72.8 Å². The lowest BCUT2D eigenvalue weighted by atomic mass is 9.81. The van der Waals surface area contributed by atoms with Crippen LogP contribution in [0.5, 0.6) is 11.5 Å². The molecule has 6 rings (SSSR count). The van der Waals surface area contributed by atoms with Crippen molar-refractivity contribution in [1.82, 2.24) is 0 Å². The molecule has 0 spiro atoms. The van der Waals surface area contributed by atoms with Crippen LogP contribution in [0.1, 0.15) is 11.1 Å². The standard InChI is InChI=1S/C34H26O2/c1-21-11-3-6-14-24(21)30-27-17-9-10-18-28(27)33(34(36)32(30)25-15-7-4-12-22(25)2)31-26-16-8-5-13-23(26)19-20-29(31)35/h3-20,35-36H,1-2H3. The number of hydrogen-bond donors (Lipinski definition) is 2. The fourth-order valence-corrected chi connectivity index (χ4v) is 5.45. The lowest BCUT2D eigenvalue weighted by Gasteiger charge is -2.23. The van der Waals surface area contributed by atoms with Gasteiger partial charge in [0.15, 0.2) is 0 Å². The maximum absolute atomic E-state index is 12.2. The Bertz CT molecular complexity index is 1780. The van der Waals surface area contributed by atoms with Crippen molar-refractivity contribution in [3.8, 4) is 44.9 Å². The molecule has 0 aliphatic heterocycles. The van der Waals surface area contributed by atoms with Crippen LogP contribution in [0.4, 0.5) is 0 Å². The quantitative estimate of drug-likeness (QED) is 0.273. The fourth-order valence-electron chi connectivity index (χ4n) is 5.45. The number of hydrogen-bond acceptors (Lipinski definition) is 2. The average Bonchev–Trinajstić information content (AvgIpc) is 2.90. The third-order valence-electron chi connectivity index (χ3n) is 7.18. The zero-order valence-corrected chi connectivity index (χ0v) is 20.3. The summed E-state index contributed by atoms with van der Waals surface area (Å²) in [4.78, 5) is 0. The summed E-state index contributed by atoms with van der Waals surface area (Å²) in [6.07, 6.45) is 0. The van der Waals surface area contributed by atoms with Crippen LogP contribution < -0.4 is 0 Å². The van der Waals surface area contributed by atoms with Crippen molar-refractivity contribution in [2.24, 2.45) is 0 Å². The monoisotopic (exact) mass is 466 g/mol. The second-order valence-corrected chi connectivity index (χ2v) is 9.33. The molecule has 0 fully saturated rings. The summed E-state index contributed by atoms with van der Waals surface area (Å²) < 4.78 is 0. The van der Waals surface area contributed by atoms with Crippen LogP contribution in [-0.2, 0) is 0 Å². The molecule has 0 unspecified atom stereocenters. The van der Waals surface area contributed by atoms with E-state index in [9.17, 15) is 10.2 Å². The van der Waals surface area contributed by atoms with Gasteiger partial charge in [-0.15, -0.1) is 0 Å². The van der Waals surface area contributed by atoms with Crippen molar-refractivity contribution < 1.29 is 10.2 Å². The highest BCUT2D eigenvalue weighted by Crippen LogP contribution is 2.53. The van der Waals surface area contributed by atoms with E-state index in [0.29, 0.717) is 11.1 Å². The van der Waals surface area contributed by atoms with Crippen LogP contribution in [0.3, 0.4) is 0 Å². The van der Waals surface area contributed by atoms with E-state index in [0.717, 1.165) is 54.9 Å². The first-order valence-electron chi connectivity index (χ1n) is 12.2. The fraction of sp³-hybridized carbons (Fsp3) is 0.0588. The molecule has 36 heavy (non-hydrogen) atoms. The molecule has 0 saturated heterocycles. The Morgan fingerprint density at radius 1 is 0.417 bits per heavy atom. The molecule has 6 aromatic carbocycles. The topological polar surface area (TPSA) is 40.5 Å². The Morgan fingerprint density at radius 2 is 0.917 bits per heavy atom. The highest BCUT2D eigenvalue weighted by atomic mass is 16.3. The maximum atomic E-state index is 12.2. The largest absolute Gasteiger partial charge is 0.507 e. The van der Waals surface area contributed by atoms with Crippen molar-refractivity contribution >= 4 is 21.5 Å². The van der Waals surface area contributed by atoms with Gasteiger partial charge in [0.1, 0.15) is 11.5 Å². The second-order valence-electron chi connectivity index (χ2n) is 9.33. The van der Waals surface area contributed by atoms with Gasteiger partial charge in [-0.2, -0.15) is 0 Å². The number of aromatic hydroxyl groups is 2. The molecular weight excluding hydrogens is 440 g/mol. The molecule has 174 valence electrons. The van der Waals surface area contributed by atoms with Crippen LogP contribution in [0.25, 0.3) is 54.9 Å². The third-order valence-corrected chi connectivity index (χ3v) is 7.18.